The van der Waals surface area contributed by atoms with Gasteiger partial charge in [-0.05, 0) is 170 Å². The van der Waals surface area contributed by atoms with Crippen molar-refractivity contribution in [3.63, 3.8) is 0 Å². The quantitative estimate of drug-likeness (QED) is 0.0222. The van der Waals surface area contributed by atoms with Crippen molar-refractivity contribution >= 4 is 39.5 Å². The summed E-state index contributed by atoms with van der Waals surface area (Å²) in [4.78, 5) is 11.7. The van der Waals surface area contributed by atoms with E-state index in [1.807, 2.05) is 62.4 Å². The predicted octanol–water partition coefficient (Wildman–Crippen LogP) is 9.82. The lowest BCUT2D eigenvalue weighted by atomic mass is 9.87. The molecule has 0 aromatic heterocycles. The van der Waals surface area contributed by atoms with Crippen LogP contribution < -0.4 is 25.4 Å². The van der Waals surface area contributed by atoms with Crippen LogP contribution in [0.25, 0.3) is 0 Å². The number of aryl methyl sites for hydroxylation is 2. The highest BCUT2D eigenvalue weighted by molar-refractivity contribution is 7.85. The highest BCUT2D eigenvalue weighted by atomic mass is 35.5. The maximum atomic E-state index is 11.7. The Kier molecular flexibility index (Phi) is 22.4. The minimum Gasteiger partial charge on any atom is -0.508 e. The van der Waals surface area contributed by atoms with Gasteiger partial charge in [-0.25, -0.2) is 4.79 Å². The molecular weight excluding hydrogens is 1010 g/mol. The Balaban J connectivity index is 0.000000187. The Morgan fingerprint density at radius 1 is 0.800 bits per heavy atom. The number of carbonyl (C=O) groups excluding carboxylic acids is 1. The largest absolute Gasteiger partial charge is 0.528 e. The molecule has 394 valence electrons. The first-order chi connectivity index (χ1) is 36.0. The van der Waals surface area contributed by atoms with E-state index in [4.69, 9.17) is 37.2 Å². The zero-order valence-electron chi connectivity index (χ0n) is 42.1. The molecule has 0 bridgehead atoms. The normalized spacial score (nSPS) is 15.8. The second-order valence-electron chi connectivity index (χ2n) is 18.2. The zero-order valence-corrected chi connectivity index (χ0v) is 44.4. The molecule has 6 aromatic carbocycles. The third-order valence-corrected chi connectivity index (χ3v) is 13.4. The van der Waals surface area contributed by atoms with Crippen molar-refractivity contribution in [2.45, 2.75) is 83.1 Å². The first kappa shape index (κ1) is 57.9. The molecule has 1 heterocycles. The minimum atomic E-state index is -4.16. The van der Waals surface area contributed by atoms with Gasteiger partial charge in [-0.3, -0.25) is 4.55 Å². The standard InChI is InChI=1S/C24H22ClNO4.C18H22ClNO5S.C17H19NO/c1-2-3-4-12-29-24(28)30-22-11-9-17-8-10-21(14-19(17)15-22)26-16-23(27)18-6-5-7-20(25)13-18;1-13(20-11-18(21)15-3-2-4-16(19)10-15)9-14-5-7-17(8-6-14)25-12-26(22,23)24;1-12-9-15-14(10-17(12)19)7-8-18-11-16(15)13-5-3-2-4-6-13/h5-7,9,11,13,15,21,23,26-27H,8,10,14,16H2,1H3;2-8,10,13,18,20-21H,9,11-12H2,1H3,(H,22,23,24);2-6,9-10,16,18-19H,7-8,11H2,1H3/t;13-,18+;/m.1./s1. The summed E-state index contributed by atoms with van der Waals surface area (Å²) < 4.78 is 44.8. The number of ether oxygens (including phenoxy) is 3. The fraction of sp³-hybridized carbons (Fsp3) is 0.305. The first-order valence-corrected chi connectivity index (χ1v) is 26.9. The molecule has 0 amide bonds. The van der Waals surface area contributed by atoms with Gasteiger partial charge in [0.2, 0.25) is 5.94 Å². The van der Waals surface area contributed by atoms with Crippen LogP contribution in [0.5, 0.6) is 17.2 Å². The van der Waals surface area contributed by atoms with Crippen molar-refractivity contribution in [1.29, 1.82) is 0 Å². The van der Waals surface area contributed by atoms with E-state index in [1.54, 1.807) is 55.5 Å². The second kappa shape index (κ2) is 29.0. The number of phenolic OH excluding ortho intramolecular Hbond substituents is 1. The fourth-order valence-corrected chi connectivity index (χ4v) is 9.34. The summed E-state index contributed by atoms with van der Waals surface area (Å²) in [6, 6.07) is 41.9. The molecule has 0 fully saturated rings. The van der Waals surface area contributed by atoms with E-state index in [0.717, 1.165) is 73.0 Å². The molecular formula is C59H63Cl2N3O10S. The van der Waals surface area contributed by atoms with Crippen LogP contribution in [0.2, 0.25) is 10.0 Å². The van der Waals surface area contributed by atoms with Gasteiger partial charge in [-0.1, -0.05) is 108 Å². The number of phenols is 1. The molecule has 7 N–H and O–H groups in total. The maximum Gasteiger partial charge on any atom is 0.528 e. The highest BCUT2D eigenvalue weighted by Gasteiger charge is 2.23. The van der Waals surface area contributed by atoms with Gasteiger partial charge in [-0.2, -0.15) is 8.42 Å². The van der Waals surface area contributed by atoms with Gasteiger partial charge in [0.15, 0.2) is 0 Å². The van der Waals surface area contributed by atoms with E-state index >= 15 is 0 Å². The van der Waals surface area contributed by atoms with Crippen molar-refractivity contribution in [3.8, 4) is 41.1 Å². The number of rotatable bonds is 15. The van der Waals surface area contributed by atoms with Gasteiger partial charge in [0.05, 0.1) is 12.2 Å². The summed E-state index contributed by atoms with van der Waals surface area (Å²) in [6.45, 7) is 8.38. The Morgan fingerprint density at radius 2 is 1.48 bits per heavy atom. The predicted molar refractivity (Wildman–Crippen MR) is 294 cm³/mol. The first-order valence-electron chi connectivity index (χ1n) is 24.5. The van der Waals surface area contributed by atoms with Gasteiger partial charge in [0.1, 0.15) is 23.4 Å². The monoisotopic (exact) mass is 1080 g/mol. The lowest BCUT2D eigenvalue weighted by Gasteiger charge is -2.27. The third kappa shape index (κ3) is 19.4. The summed E-state index contributed by atoms with van der Waals surface area (Å²) >= 11 is 11.9. The number of carbonyl (C=O) groups is 1. The van der Waals surface area contributed by atoms with Crippen LogP contribution in [0, 0.1) is 30.8 Å². The second-order valence-corrected chi connectivity index (χ2v) is 20.5. The van der Waals surface area contributed by atoms with Crippen LogP contribution in [0.4, 0.5) is 4.79 Å². The van der Waals surface area contributed by atoms with E-state index in [9.17, 15) is 28.5 Å². The minimum absolute atomic E-state index is 0.119. The number of aromatic hydroxyl groups is 1. The summed E-state index contributed by atoms with van der Waals surface area (Å²) in [5.74, 6) is 8.20. The molecule has 6 aromatic rings. The van der Waals surface area contributed by atoms with Gasteiger partial charge >= 0.3 is 16.3 Å². The summed E-state index contributed by atoms with van der Waals surface area (Å²) in [5, 5.41) is 41.9. The van der Waals surface area contributed by atoms with Gasteiger partial charge in [-0.15, -0.1) is 0 Å². The average Bonchev–Trinajstić information content (AvgIpc) is 3.60. The van der Waals surface area contributed by atoms with E-state index in [1.165, 1.54) is 22.3 Å². The van der Waals surface area contributed by atoms with Gasteiger partial charge < -0.3 is 45.5 Å². The lowest BCUT2D eigenvalue weighted by Crippen LogP contribution is -2.37. The Bertz CT molecular complexity index is 3070. The summed E-state index contributed by atoms with van der Waals surface area (Å²) in [5.41, 5.74) is 9.82. The van der Waals surface area contributed by atoms with Crippen LogP contribution in [0.1, 0.15) is 88.5 Å². The Labute approximate surface area is 450 Å². The smallest absolute Gasteiger partial charge is 0.508 e. The van der Waals surface area contributed by atoms with E-state index in [2.05, 4.69) is 81.0 Å². The van der Waals surface area contributed by atoms with Gasteiger partial charge in [0, 0.05) is 53.6 Å². The molecule has 16 heteroatoms. The van der Waals surface area contributed by atoms with E-state index in [-0.39, 0.29) is 12.1 Å². The van der Waals surface area contributed by atoms with Gasteiger partial charge in [0.25, 0.3) is 0 Å². The lowest BCUT2D eigenvalue weighted by molar-refractivity contribution is 0.142. The van der Waals surface area contributed by atoms with Crippen molar-refractivity contribution in [1.82, 2.24) is 16.0 Å². The molecule has 13 nitrogen and oxygen atoms in total. The molecule has 5 atom stereocenters. The molecule has 0 radical (unpaired) electrons. The number of aliphatic hydroxyl groups is 2. The SMILES string of the molecule is CC#CC#COC(=O)Oc1ccc2c(c1)CC(NCC(O)c1cccc(Cl)c1)CC2.C[C@H](Cc1ccc(OCS(=O)(=O)O)cc1)NC[C@H](O)c1cccc(Cl)c1.Cc1cc2c(cc1O)CCNCC2c1ccccc1. The topological polar surface area (TPSA) is 196 Å². The Hall–Kier alpha value is -6.40. The van der Waals surface area contributed by atoms with Crippen molar-refractivity contribution < 1.29 is 47.3 Å². The zero-order chi connectivity index (χ0) is 53.7. The average molecular weight is 1080 g/mol. The number of benzene rings is 6. The third-order valence-electron chi connectivity index (χ3n) is 12.5. The van der Waals surface area contributed by atoms with E-state index < -0.39 is 34.4 Å². The molecule has 2 aliphatic rings. The molecule has 1 aliphatic heterocycles. The summed E-state index contributed by atoms with van der Waals surface area (Å²) in [6.07, 6.45) is 4.36. The van der Waals surface area contributed by atoms with Crippen molar-refractivity contribution in [2.75, 3.05) is 32.1 Å². The molecule has 1 aliphatic carbocycles. The van der Waals surface area contributed by atoms with Crippen molar-refractivity contribution in [3.05, 3.63) is 194 Å². The fourth-order valence-electron chi connectivity index (χ4n) is 8.65. The molecule has 0 saturated heterocycles. The summed E-state index contributed by atoms with van der Waals surface area (Å²) in [7, 11) is -4.16. The molecule has 8 rings (SSSR count). The van der Waals surface area contributed by atoms with Crippen LogP contribution in [-0.2, 0) is 40.5 Å². The number of nitrogens with one attached hydrogen (secondary N) is 3. The number of halogens is 2. The van der Waals surface area contributed by atoms with Crippen LogP contribution >= 0.6 is 23.2 Å². The number of fused-ring (bicyclic) bond motifs is 2. The molecule has 0 spiro atoms. The number of hydrogen-bond donors (Lipinski definition) is 7. The number of aliphatic hydroxyl groups excluding tert-OH is 2. The van der Waals surface area contributed by atoms with Crippen molar-refractivity contribution in [2.24, 2.45) is 0 Å². The molecule has 3 unspecified atom stereocenters. The van der Waals surface area contributed by atoms with Crippen LogP contribution in [-0.4, -0.2) is 78.6 Å². The highest BCUT2D eigenvalue weighted by Crippen LogP contribution is 2.33. The molecule has 0 saturated carbocycles. The Morgan fingerprint density at radius 3 is 2.15 bits per heavy atom. The van der Waals surface area contributed by atoms with E-state index in [0.29, 0.717) is 46.3 Å². The molecule has 75 heavy (non-hydrogen) atoms. The van der Waals surface area contributed by atoms with Crippen LogP contribution in [0.15, 0.2) is 133 Å². The number of hydrogen-bond acceptors (Lipinski definition) is 12. The maximum absolute atomic E-state index is 11.7. The van der Waals surface area contributed by atoms with Crippen LogP contribution in [0.3, 0.4) is 0 Å².